The van der Waals surface area contributed by atoms with Crippen molar-refractivity contribution in [1.29, 1.82) is 5.26 Å². The average Bonchev–Trinajstić information content (AvgIpc) is 3.02. The van der Waals surface area contributed by atoms with E-state index in [1.807, 2.05) is 44.1 Å². The van der Waals surface area contributed by atoms with Crippen LogP contribution >= 0.6 is 0 Å². The highest BCUT2D eigenvalue weighted by Gasteiger charge is 2.17. The Kier molecular flexibility index (Phi) is 4.16. The molecular weight excluding hydrogens is 306 g/mol. The molecule has 0 aliphatic carbocycles. The first-order valence-electron chi connectivity index (χ1n) is 7.27. The van der Waals surface area contributed by atoms with Crippen LogP contribution in [0.15, 0.2) is 27.8 Å². The van der Waals surface area contributed by atoms with Gasteiger partial charge in [-0.3, -0.25) is 0 Å². The molecule has 0 unspecified atom stereocenters. The fraction of sp³-hybridized carbons (Fsp3) is 0.250. The molecule has 120 valence electrons. The molecule has 0 fully saturated rings. The van der Waals surface area contributed by atoms with Crippen LogP contribution in [0, 0.1) is 18.3 Å². The molecule has 8 heteroatoms. The van der Waals surface area contributed by atoms with Crippen LogP contribution in [-0.2, 0) is 6.42 Å². The number of hydrogen-bond acceptors (Lipinski definition) is 7. The van der Waals surface area contributed by atoms with E-state index in [-0.39, 0.29) is 0 Å². The average molecular weight is 321 g/mol. The predicted octanol–water partition coefficient (Wildman–Crippen LogP) is 2.01. The summed E-state index contributed by atoms with van der Waals surface area (Å²) in [6.07, 6.45) is 2.17. The Hall–Kier alpha value is -3.34. The van der Waals surface area contributed by atoms with E-state index in [4.69, 9.17) is 9.89 Å². The maximum absolute atomic E-state index is 9.01. The first-order chi connectivity index (χ1) is 11.6. The van der Waals surface area contributed by atoms with Gasteiger partial charge in [0.25, 0.3) is 0 Å². The highest BCUT2D eigenvalue weighted by molar-refractivity contribution is 5.87. The van der Waals surface area contributed by atoms with E-state index in [9.17, 15) is 0 Å². The third kappa shape index (κ3) is 3.05. The maximum atomic E-state index is 9.01. The van der Waals surface area contributed by atoms with Gasteiger partial charge >= 0.3 is 0 Å². The Bertz CT molecular complexity index is 953. The van der Waals surface area contributed by atoms with Crippen molar-refractivity contribution < 1.29 is 4.63 Å². The lowest BCUT2D eigenvalue weighted by atomic mass is 10.0. The maximum Gasteiger partial charge on any atom is 0.226 e. The van der Waals surface area contributed by atoms with Crippen LogP contribution in [0.3, 0.4) is 0 Å². The van der Waals surface area contributed by atoms with Gasteiger partial charge in [-0.25, -0.2) is 19.6 Å². The number of aliphatic imine (C=N–C) groups is 1. The summed E-state index contributed by atoms with van der Waals surface area (Å²) >= 11 is 0. The number of aromatic nitrogens is 4. The lowest BCUT2D eigenvalue weighted by Crippen LogP contribution is -2.08. The zero-order valence-electron chi connectivity index (χ0n) is 13.6. The van der Waals surface area contributed by atoms with Crippen LogP contribution in [0.1, 0.15) is 22.6 Å². The summed E-state index contributed by atoms with van der Waals surface area (Å²) in [5.74, 6) is 0. The second-order valence-electron chi connectivity index (χ2n) is 5.47. The van der Waals surface area contributed by atoms with Gasteiger partial charge in [0.05, 0.1) is 6.34 Å². The van der Waals surface area contributed by atoms with E-state index in [2.05, 4.69) is 25.3 Å². The Morgan fingerprint density at radius 2 is 2.12 bits per heavy atom. The molecule has 3 rings (SSSR count). The monoisotopic (exact) mass is 321 g/mol. The largest absolute Gasteiger partial charge is 0.369 e. The molecule has 3 aromatic heterocycles. The van der Waals surface area contributed by atoms with Crippen LogP contribution in [0.25, 0.3) is 11.2 Å². The Morgan fingerprint density at radius 1 is 1.29 bits per heavy atom. The lowest BCUT2D eigenvalue weighted by molar-refractivity contribution is 0.315. The van der Waals surface area contributed by atoms with Crippen molar-refractivity contribution in [2.45, 2.75) is 13.3 Å². The summed E-state index contributed by atoms with van der Waals surface area (Å²) in [7, 11) is 3.76. The highest BCUT2D eigenvalue weighted by Crippen LogP contribution is 2.30. The number of nitriles is 1. The van der Waals surface area contributed by atoms with Crippen molar-refractivity contribution in [3.8, 4) is 6.07 Å². The summed E-state index contributed by atoms with van der Waals surface area (Å²) in [5, 5.41) is 16.7. The van der Waals surface area contributed by atoms with Crippen LogP contribution in [0.2, 0.25) is 0 Å². The molecule has 0 spiro atoms. The minimum absolute atomic E-state index is 0.376. The molecular formula is C16H15N7O. The summed E-state index contributed by atoms with van der Waals surface area (Å²) in [6.45, 7) is 1.88. The van der Waals surface area contributed by atoms with Crippen molar-refractivity contribution in [3.05, 3.63) is 40.8 Å². The minimum Gasteiger partial charge on any atom is -0.369 e. The second kappa shape index (κ2) is 6.42. The molecule has 0 radical (unpaired) electrons. The van der Waals surface area contributed by atoms with E-state index >= 15 is 0 Å². The van der Waals surface area contributed by atoms with Gasteiger partial charge in [-0.2, -0.15) is 5.26 Å². The molecule has 0 amide bonds. The molecule has 0 saturated carbocycles. The Balaban J connectivity index is 2.13. The van der Waals surface area contributed by atoms with Crippen molar-refractivity contribution in [2.75, 3.05) is 14.1 Å². The number of pyridine rings is 2. The summed E-state index contributed by atoms with van der Waals surface area (Å²) in [5.41, 5.74) is 4.35. The van der Waals surface area contributed by atoms with Crippen LogP contribution in [0.5, 0.6) is 0 Å². The van der Waals surface area contributed by atoms with Crippen molar-refractivity contribution in [1.82, 2.24) is 25.2 Å². The molecule has 0 aliphatic heterocycles. The Morgan fingerprint density at radius 3 is 2.88 bits per heavy atom. The highest BCUT2D eigenvalue weighted by atomic mass is 16.6. The van der Waals surface area contributed by atoms with Gasteiger partial charge in [0.1, 0.15) is 17.5 Å². The number of nitrogens with zero attached hydrogens (tertiary/aromatic N) is 7. The normalized spacial score (nSPS) is 11.1. The number of fused-ring (bicyclic) bond motifs is 1. The van der Waals surface area contributed by atoms with Gasteiger partial charge < -0.3 is 4.90 Å². The molecule has 0 aliphatic rings. The van der Waals surface area contributed by atoms with Gasteiger partial charge in [-0.05, 0) is 29.4 Å². The fourth-order valence-electron chi connectivity index (χ4n) is 2.29. The van der Waals surface area contributed by atoms with Crippen LogP contribution in [0.4, 0.5) is 5.69 Å². The van der Waals surface area contributed by atoms with E-state index in [1.165, 1.54) is 0 Å². The van der Waals surface area contributed by atoms with E-state index in [0.29, 0.717) is 29.0 Å². The SMILES string of the molecule is Cc1nc2nonc2c(/N=C\N(C)C)c1Cc1cccc(C#N)n1. The van der Waals surface area contributed by atoms with E-state index in [1.54, 1.807) is 12.4 Å². The Labute approximate surface area is 138 Å². The molecule has 0 aromatic carbocycles. The number of rotatable bonds is 4. The number of hydrogen-bond donors (Lipinski definition) is 0. The topological polar surface area (TPSA) is 104 Å². The molecule has 3 heterocycles. The molecule has 0 atom stereocenters. The smallest absolute Gasteiger partial charge is 0.226 e. The van der Waals surface area contributed by atoms with Crippen molar-refractivity contribution in [3.63, 3.8) is 0 Å². The van der Waals surface area contributed by atoms with Crippen molar-refractivity contribution >= 4 is 23.2 Å². The first kappa shape index (κ1) is 15.6. The van der Waals surface area contributed by atoms with Gasteiger partial charge in [0.15, 0.2) is 5.52 Å². The molecule has 0 saturated heterocycles. The molecule has 24 heavy (non-hydrogen) atoms. The third-order valence-corrected chi connectivity index (χ3v) is 3.39. The van der Waals surface area contributed by atoms with Gasteiger partial charge in [0, 0.05) is 37.5 Å². The zero-order valence-corrected chi connectivity index (χ0v) is 13.6. The van der Waals surface area contributed by atoms with Gasteiger partial charge in [-0.1, -0.05) is 6.07 Å². The summed E-state index contributed by atoms with van der Waals surface area (Å²) in [4.78, 5) is 15.1. The minimum atomic E-state index is 0.376. The fourth-order valence-corrected chi connectivity index (χ4v) is 2.29. The lowest BCUT2D eigenvalue weighted by Gasteiger charge is -2.10. The van der Waals surface area contributed by atoms with E-state index in [0.717, 1.165) is 17.0 Å². The zero-order chi connectivity index (χ0) is 17.1. The van der Waals surface area contributed by atoms with Crippen LogP contribution < -0.4 is 0 Å². The number of aryl methyl sites for hydroxylation is 1. The van der Waals surface area contributed by atoms with Gasteiger partial charge in [-0.15, -0.1) is 0 Å². The third-order valence-electron chi connectivity index (χ3n) is 3.39. The first-order valence-corrected chi connectivity index (χ1v) is 7.27. The summed E-state index contributed by atoms with van der Waals surface area (Å²) < 4.78 is 4.80. The molecule has 3 aromatic rings. The second-order valence-corrected chi connectivity index (χ2v) is 5.47. The summed E-state index contributed by atoms with van der Waals surface area (Å²) in [6, 6.07) is 7.39. The molecule has 8 nitrogen and oxygen atoms in total. The predicted molar refractivity (Wildman–Crippen MR) is 87.9 cm³/mol. The van der Waals surface area contributed by atoms with Crippen molar-refractivity contribution in [2.24, 2.45) is 4.99 Å². The quantitative estimate of drug-likeness (QED) is 0.534. The van der Waals surface area contributed by atoms with E-state index < -0.39 is 0 Å². The van der Waals surface area contributed by atoms with Crippen LogP contribution in [-0.4, -0.2) is 45.6 Å². The molecule has 0 bridgehead atoms. The standard InChI is InChI=1S/C16H15N7O/c1-10-13(7-11-5-4-6-12(8-17)20-11)14(18-9-23(2)3)15-16(19-10)22-24-21-15/h4-6,9H,7H2,1-3H3/b18-9-. The van der Waals surface area contributed by atoms with Gasteiger partial charge in [0.2, 0.25) is 5.65 Å². The molecule has 0 N–H and O–H groups in total.